The number of nitrogens with two attached hydrogens (primary N) is 1. The van der Waals surface area contributed by atoms with Crippen molar-refractivity contribution in [1.29, 1.82) is 0 Å². The maximum absolute atomic E-state index is 13.5. The van der Waals surface area contributed by atoms with Gasteiger partial charge in [0.25, 0.3) is 0 Å². The van der Waals surface area contributed by atoms with Gasteiger partial charge in [-0.25, -0.2) is 8.78 Å². The normalized spacial score (nSPS) is 26.9. The minimum Gasteiger partial charge on any atom is -0.486 e. The van der Waals surface area contributed by atoms with Crippen LogP contribution in [0.3, 0.4) is 0 Å². The number of benzene rings is 1. The third kappa shape index (κ3) is 2.99. The molecule has 2 rings (SSSR count). The maximum atomic E-state index is 13.5. The van der Waals surface area contributed by atoms with Crippen LogP contribution in [0.4, 0.5) is 8.78 Å². The molecule has 1 fully saturated rings. The Morgan fingerprint density at radius 3 is 2.78 bits per heavy atom. The molecule has 2 atom stereocenters. The fraction of sp³-hybridized carbons (Fsp3) is 0.571. The topological polar surface area (TPSA) is 35.2 Å². The van der Waals surface area contributed by atoms with Gasteiger partial charge in [-0.2, -0.15) is 0 Å². The Kier molecular flexibility index (Phi) is 3.57. The predicted octanol–water partition coefficient (Wildman–Crippen LogP) is 3.25. The molecule has 1 aliphatic carbocycles. The van der Waals surface area contributed by atoms with Crippen molar-refractivity contribution in [3.05, 3.63) is 29.8 Å². The first-order chi connectivity index (χ1) is 8.37. The number of hydrogen-bond donors (Lipinski definition) is 1. The van der Waals surface area contributed by atoms with Crippen molar-refractivity contribution < 1.29 is 13.5 Å². The summed E-state index contributed by atoms with van der Waals surface area (Å²) in [4.78, 5) is 0. The van der Waals surface area contributed by atoms with Gasteiger partial charge in [0.2, 0.25) is 0 Å². The van der Waals surface area contributed by atoms with E-state index in [4.69, 9.17) is 10.5 Å². The zero-order chi connectivity index (χ0) is 13.3. The summed E-state index contributed by atoms with van der Waals surface area (Å²) in [7, 11) is 0. The van der Waals surface area contributed by atoms with E-state index in [0.717, 1.165) is 37.5 Å². The average molecular weight is 255 g/mol. The van der Waals surface area contributed by atoms with Crippen LogP contribution in [0.1, 0.15) is 33.1 Å². The van der Waals surface area contributed by atoms with Gasteiger partial charge in [-0.15, -0.1) is 0 Å². The molecule has 1 aromatic rings. The highest BCUT2D eigenvalue weighted by atomic mass is 19.1. The maximum Gasteiger partial charge on any atom is 0.165 e. The van der Waals surface area contributed by atoms with E-state index in [9.17, 15) is 8.78 Å². The highest BCUT2D eigenvalue weighted by Crippen LogP contribution is 2.36. The molecule has 0 aliphatic heterocycles. The third-order valence-electron chi connectivity index (χ3n) is 3.56. The molecule has 1 saturated carbocycles. The molecule has 4 heteroatoms. The van der Waals surface area contributed by atoms with Gasteiger partial charge >= 0.3 is 0 Å². The Balaban J connectivity index is 2.14. The molecule has 0 bridgehead atoms. The zero-order valence-electron chi connectivity index (χ0n) is 10.7. The van der Waals surface area contributed by atoms with Gasteiger partial charge < -0.3 is 10.5 Å². The van der Waals surface area contributed by atoms with Crippen molar-refractivity contribution in [2.24, 2.45) is 11.1 Å². The summed E-state index contributed by atoms with van der Waals surface area (Å²) in [6, 6.07) is 3.10. The van der Waals surface area contributed by atoms with Crippen molar-refractivity contribution in [2.75, 3.05) is 0 Å². The Hall–Kier alpha value is -1.16. The van der Waals surface area contributed by atoms with Gasteiger partial charge in [0.15, 0.2) is 11.6 Å². The monoisotopic (exact) mass is 255 g/mol. The molecule has 0 amide bonds. The first kappa shape index (κ1) is 13.3. The van der Waals surface area contributed by atoms with E-state index < -0.39 is 11.6 Å². The molecule has 1 aromatic carbocycles. The average Bonchev–Trinajstić information content (AvgIpc) is 2.28. The van der Waals surface area contributed by atoms with E-state index in [0.29, 0.717) is 0 Å². The highest BCUT2D eigenvalue weighted by Gasteiger charge is 2.34. The van der Waals surface area contributed by atoms with E-state index in [1.807, 2.05) is 0 Å². The summed E-state index contributed by atoms with van der Waals surface area (Å²) >= 11 is 0. The molecular weight excluding hydrogens is 236 g/mol. The smallest absolute Gasteiger partial charge is 0.165 e. The largest absolute Gasteiger partial charge is 0.486 e. The fourth-order valence-corrected chi connectivity index (χ4v) is 2.40. The van der Waals surface area contributed by atoms with Crippen molar-refractivity contribution in [1.82, 2.24) is 0 Å². The summed E-state index contributed by atoms with van der Waals surface area (Å²) in [5, 5.41) is 0. The Morgan fingerprint density at radius 1 is 1.33 bits per heavy atom. The standard InChI is InChI=1S/C14H19F2NO/c1-14(2)6-5-11(17)13(8-14)18-12-7-9(15)3-4-10(12)16/h3-4,7,11,13H,5-6,8,17H2,1-2H3. The van der Waals surface area contributed by atoms with Crippen LogP contribution >= 0.6 is 0 Å². The minimum absolute atomic E-state index is 0.0480. The number of ether oxygens (including phenoxy) is 1. The van der Waals surface area contributed by atoms with Crippen LogP contribution in [0.25, 0.3) is 0 Å². The van der Waals surface area contributed by atoms with E-state index in [1.165, 1.54) is 0 Å². The van der Waals surface area contributed by atoms with Crippen molar-refractivity contribution in [2.45, 2.75) is 45.3 Å². The van der Waals surface area contributed by atoms with Crippen LogP contribution in [-0.4, -0.2) is 12.1 Å². The Morgan fingerprint density at radius 2 is 2.06 bits per heavy atom. The van der Waals surface area contributed by atoms with Gasteiger partial charge in [0.1, 0.15) is 11.9 Å². The Labute approximate surface area is 106 Å². The van der Waals surface area contributed by atoms with Crippen molar-refractivity contribution >= 4 is 0 Å². The SMILES string of the molecule is CC1(C)CCC(N)C(Oc2cc(F)ccc2F)C1. The molecular formula is C14H19F2NO. The lowest BCUT2D eigenvalue weighted by molar-refractivity contribution is 0.0636. The number of halogens is 2. The van der Waals surface area contributed by atoms with E-state index in [1.54, 1.807) is 0 Å². The molecule has 0 aromatic heterocycles. The molecule has 18 heavy (non-hydrogen) atoms. The molecule has 0 spiro atoms. The fourth-order valence-electron chi connectivity index (χ4n) is 2.40. The second kappa shape index (κ2) is 4.84. The van der Waals surface area contributed by atoms with Crippen molar-refractivity contribution in [3.63, 3.8) is 0 Å². The second-order valence-corrected chi connectivity index (χ2v) is 5.80. The van der Waals surface area contributed by atoms with Crippen LogP contribution < -0.4 is 10.5 Å². The number of rotatable bonds is 2. The molecule has 1 aliphatic rings. The van der Waals surface area contributed by atoms with Crippen molar-refractivity contribution in [3.8, 4) is 5.75 Å². The van der Waals surface area contributed by atoms with Crippen LogP contribution in [0.2, 0.25) is 0 Å². The predicted molar refractivity (Wildman–Crippen MR) is 66.4 cm³/mol. The summed E-state index contributed by atoms with van der Waals surface area (Å²) in [5.41, 5.74) is 6.12. The first-order valence-electron chi connectivity index (χ1n) is 6.25. The van der Waals surface area contributed by atoms with Crippen LogP contribution in [-0.2, 0) is 0 Å². The van der Waals surface area contributed by atoms with Crippen LogP contribution in [0.15, 0.2) is 18.2 Å². The van der Waals surface area contributed by atoms with Crippen LogP contribution in [0, 0.1) is 17.0 Å². The zero-order valence-corrected chi connectivity index (χ0v) is 10.7. The van der Waals surface area contributed by atoms with E-state index in [2.05, 4.69) is 13.8 Å². The van der Waals surface area contributed by atoms with E-state index in [-0.39, 0.29) is 23.3 Å². The Bertz CT molecular complexity index is 434. The third-order valence-corrected chi connectivity index (χ3v) is 3.56. The van der Waals surface area contributed by atoms with Gasteiger partial charge in [0.05, 0.1) is 0 Å². The molecule has 2 N–H and O–H groups in total. The van der Waals surface area contributed by atoms with Gasteiger partial charge in [-0.1, -0.05) is 13.8 Å². The lowest BCUT2D eigenvalue weighted by atomic mass is 9.74. The molecule has 100 valence electrons. The molecule has 0 radical (unpaired) electrons. The first-order valence-corrected chi connectivity index (χ1v) is 6.25. The quantitative estimate of drug-likeness (QED) is 0.880. The lowest BCUT2D eigenvalue weighted by Crippen LogP contribution is -2.46. The molecule has 2 unspecified atom stereocenters. The molecule has 2 nitrogen and oxygen atoms in total. The number of hydrogen-bond acceptors (Lipinski definition) is 2. The lowest BCUT2D eigenvalue weighted by Gasteiger charge is -2.39. The van der Waals surface area contributed by atoms with Gasteiger partial charge in [0, 0.05) is 12.1 Å². The second-order valence-electron chi connectivity index (χ2n) is 5.80. The highest BCUT2D eigenvalue weighted by molar-refractivity contribution is 5.25. The minimum atomic E-state index is -0.549. The summed E-state index contributed by atoms with van der Waals surface area (Å²) < 4.78 is 32.2. The molecule has 0 heterocycles. The summed E-state index contributed by atoms with van der Waals surface area (Å²) in [6.07, 6.45) is 2.36. The van der Waals surface area contributed by atoms with E-state index >= 15 is 0 Å². The summed E-state index contributed by atoms with van der Waals surface area (Å²) in [5.74, 6) is -1.10. The van der Waals surface area contributed by atoms with Crippen LogP contribution in [0.5, 0.6) is 5.75 Å². The van der Waals surface area contributed by atoms with Gasteiger partial charge in [-0.3, -0.25) is 0 Å². The van der Waals surface area contributed by atoms with Gasteiger partial charge in [-0.05, 0) is 36.8 Å². The summed E-state index contributed by atoms with van der Waals surface area (Å²) in [6.45, 7) is 4.27. The molecule has 0 saturated heterocycles.